The molecule has 0 spiro atoms. The summed E-state index contributed by atoms with van der Waals surface area (Å²) < 4.78 is 0. The number of rotatable bonds is 0. The summed E-state index contributed by atoms with van der Waals surface area (Å²) in [5, 5.41) is 8.25. The van der Waals surface area contributed by atoms with E-state index in [0.29, 0.717) is 6.04 Å². The molecule has 3 nitrogen and oxygen atoms in total. The van der Waals surface area contributed by atoms with Gasteiger partial charge in [-0.1, -0.05) is 27.2 Å². The topological polar surface area (TPSA) is 30.3 Å². The summed E-state index contributed by atoms with van der Waals surface area (Å²) in [7, 11) is 0. The fraction of sp³-hybridized carbons (Fsp3) is 0.923. The van der Waals surface area contributed by atoms with Crippen molar-refractivity contribution in [3.63, 3.8) is 0 Å². The van der Waals surface area contributed by atoms with Gasteiger partial charge in [0.05, 0.1) is 0 Å². The van der Waals surface area contributed by atoms with Crippen molar-refractivity contribution < 1.29 is 0 Å². The minimum absolute atomic E-state index is 0.00314. The van der Waals surface area contributed by atoms with E-state index < -0.39 is 0 Å². The molecular formula is C13H25N3. The van der Waals surface area contributed by atoms with Gasteiger partial charge in [-0.25, -0.2) is 0 Å². The van der Waals surface area contributed by atoms with Crippen LogP contribution in [0.5, 0.6) is 0 Å². The lowest BCUT2D eigenvalue weighted by molar-refractivity contribution is 0.0762. The van der Waals surface area contributed by atoms with Crippen molar-refractivity contribution in [2.75, 3.05) is 26.2 Å². The molecule has 2 aliphatic heterocycles. The minimum Gasteiger partial charge on any atom is -0.357 e. The number of nitrogens with zero attached hydrogens (tertiary/aromatic N) is 2. The van der Waals surface area contributed by atoms with E-state index in [-0.39, 0.29) is 5.41 Å². The second-order valence-electron chi connectivity index (χ2n) is 6.23. The van der Waals surface area contributed by atoms with Crippen LogP contribution in [0.1, 0.15) is 40.0 Å². The highest BCUT2D eigenvalue weighted by molar-refractivity contribution is 5.84. The lowest BCUT2D eigenvalue weighted by Crippen LogP contribution is -2.57. The van der Waals surface area contributed by atoms with Crippen molar-refractivity contribution in [2.24, 2.45) is 5.41 Å². The molecule has 1 N–H and O–H groups in total. The maximum absolute atomic E-state index is 8.25. The standard InChI is InChI=1S/C13H25N3/c1-13(2,3)12(14)16-9-8-15-7-5-4-6-11(15)10-16/h11,14H,4-10H2,1-3H3. The van der Waals surface area contributed by atoms with Crippen LogP contribution in [0.15, 0.2) is 0 Å². The normalized spacial score (nSPS) is 27.7. The van der Waals surface area contributed by atoms with Gasteiger partial charge >= 0.3 is 0 Å². The zero-order valence-corrected chi connectivity index (χ0v) is 10.9. The first-order valence-corrected chi connectivity index (χ1v) is 6.56. The lowest BCUT2D eigenvalue weighted by Gasteiger charge is -2.46. The molecule has 0 aliphatic carbocycles. The molecule has 2 rings (SSSR count). The highest BCUT2D eigenvalue weighted by Gasteiger charge is 2.32. The smallest absolute Gasteiger partial charge is 0.101 e. The Hall–Kier alpha value is -0.570. The third kappa shape index (κ3) is 2.40. The fourth-order valence-corrected chi connectivity index (χ4v) is 2.83. The molecule has 2 fully saturated rings. The van der Waals surface area contributed by atoms with Crippen LogP contribution in [0.3, 0.4) is 0 Å². The Balaban J connectivity index is 1.97. The molecule has 2 heterocycles. The van der Waals surface area contributed by atoms with Gasteiger partial charge in [0.15, 0.2) is 0 Å². The van der Waals surface area contributed by atoms with Crippen molar-refractivity contribution in [3.05, 3.63) is 0 Å². The Morgan fingerprint density at radius 1 is 1.12 bits per heavy atom. The van der Waals surface area contributed by atoms with Gasteiger partial charge in [0.2, 0.25) is 0 Å². The molecule has 92 valence electrons. The van der Waals surface area contributed by atoms with Crippen LogP contribution < -0.4 is 0 Å². The first-order chi connectivity index (χ1) is 7.48. The van der Waals surface area contributed by atoms with Crippen molar-refractivity contribution in [1.29, 1.82) is 5.41 Å². The van der Waals surface area contributed by atoms with Crippen molar-refractivity contribution in [3.8, 4) is 0 Å². The van der Waals surface area contributed by atoms with E-state index in [0.717, 1.165) is 25.5 Å². The molecule has 2 aliphatic rings. The first-order valence-electron chi connectivity index (χ1n) is 6.56. The molecule has 0 radical (unpaired) electrons. The third-order valence-electron chi connectivity index (χ3n) is 3.86. The van der Waals surface area contributed by atoms with Crippen molar-refractivity contribution in [2.45, 2.75) is 46.1 Å². The van der Waals surface area contributed by atoms with Gasteiger partial charge in [-0.15, -0.1) is 0 Å². The SMILES string of the molecule is CC(C)(C)C(=N)N1CCN2CCCCC2C1. The zero-order valence-electron chi connectivity index (χ0n) is 10.9. The second kappa shape index (κ2) is 4.36. The minimum atomic E-state index is -0.00314. The number of piperidine rings is 1. The van der Waals surface area contributed by atoms with Crippen molar-refractivity contribution >= 4 is 5.84 Å². The van der Waals surface area contributed by atoms with E-state index in [4.69, 9.17) is 5.41 Å². The van der Waals surface area contributed by atoms with Crippen molar-refractivity contribution in [1.82, 2.24) is 9.80 Å². The first kappa shape index (κ1) is 11.9. The molecule has 0 amide bonds. The van der Waals surface area contributed by atoms with Crippen LogP contribution in [-0.2, 0) is 0 Å². The largest absolute Gasteiger partial charge is 0.357 e. The molecular weight excluding hydrogens is 198 g/mol. The van der Waals surface area contributed by atoms with Crippen LogP contribution in [0.2, 0.25) is 0 Å². The molecule has 1 atom stereocenters. The number of piperazine rings is 1. The summed E-state index contributed by atoms with van der Waals surface area (Å²) in [6, 6.07) is 0.713. The van der Waals surface area contributed by atoms with Crippen LogP contribution in [-0.4, -0.2) is 47.9 Å². The summed E-state index contributed by atoms with van der Waals surface area (Å²) in [4.78, 5) is 4.92. The van der Waals surface area contributed by atoms with Gasteiger partial charge in [-0.2, -0.15) is 0 Å². The molecule has 0 aromatic heterocycles. The van der Waals surface area contributed by atoms with E-state index >= 15 is 0 Å². The maximum atomic E-state index is 8.25. The molecule has 3 heteroatoms. The number of hydrogen-bond donors (Lipinski definition) is 1. The molecule has 2 saturated heterocycles. The highest BCUT2D eigenvalue weighted by Crippen LogP contribution is 2.24. The van der Waals surface area contributed by atoms with E-state index in [9.17, 15) is 0 Å². The van der Waals surface area contributed by atoms with Gasteiger partial charge in [-0.3, -0.25) is 10.3 Å². The van der Waals surface area contributed by atoms with Gasteiger partial charge < -0.3 is 4.90 Å². The Kier molecular flexibility index (Phi) is 3.24. The average molecular weight is 223 g/mol. The Morgan fingerprint density at radius 3 is 2.56 bits per heavy atom. The quantitative estimate of drug-likeness (QED) is 0.504. The van der Waals surface area contributed by atoms with E-state index in [1.165, 1.54) is 25.8 Å². The Labute approximate surface area is 99.3 Å². The molecule has 0 aromatic rings. The third-order valence-corrected chi connectivity index (χ3v) is 3.86. The van der Waals surface area contributed by atoms with Gasteiger partial charge in [0, 0.05) is 31.1 Å². The van der Waals surface area contributed by atoms with Crippen LogP contribution in [0.25, 0.3) is 0 Å². The average Bonchev–Trinajstić information content (AvgIpc) is 2.26. The number of fused-ring (bicyclic) bond motifs is 1. The summed E-state index contributed by atoms with van der Waals surface area (Å²) >= 11 is 0. The fourth-order valence-electron chi connectivity index (χ4n) is 2.83. The van der Waals surface area contributed by atoms with Gasteiger partial charge in [0.25, 0.3) is 0 Å². The van der Waals surface area contributed by atoms with Gasteiger partial charge in [-0.05, 0) is 19.4 Å². The Morgan fingerprint density at radius 2 is 1.88 bits per heavy atom. The van der Waals surface area contributed by atoms with E-state index in [1.807, 2.05) is 0 Å². The number of nitrogens with one attached hydrogen (secondary N) is 1. The predicted molar refractivity (Wildman–Crippen MR) is 68.0 cm³/mol. The van der Waals surface area contributed by atoms with E-state index in [2.05, 4.69) is 30.6 Å². The molecule has 0 saturated carbocycles. The summed E-state index contributed by atoms with van der Waals surface area (Å²) in [6.45, 7) is 11.0. The van der Waals surface area contributed by atoms with E-state index in [1.54, 1.807) is 0 Å². The summed E-state index contributed by atoms with van der Waals surface area (Å²) in [5.74, 6) is 0.817. The summed E-state index contributed by atoms with van der Waals surface area (Å²) in [6.07, 6.45) is 4.07. The van der Waals surface area contributed by atoms with Crippen LogP contribution in [0.4, 0.5) is 0 Å². The zero-order chi connectivity index (χ0) is 11.8. The number of amidine groups is 1. The summed E-state index contributed by atoms with van der Waals surface area (Å²) in [5.41, 5.74) is -0.00314. The lowest BCUT2D eigenvalue weighted by atomic mass is 9.92. The molecule has 1 unspecified atom stereocenters. The molecule has 0 aromatic carbocycles. The van der Waals surface area contributed by atoms with Gasteiger partial charge in [0.1, 0.15) is 5.84 Å². The highest BCUT2D eigenvalue weighted by atomic mass is 15.3. The Bertz CT molecular complexity index is 267. The predicted octanol–water partition coefficient (Wildman–Crippen LogP) is 2.18. The van der Waals surface area contributed by atoms with Crippen LogP contribution >= 0.6 is 0 Å². The molecule has 16 heavy (non-hydrogen) atoms. The van der Waals surface area contributed by atoms with Crippen LogP contribution in [0, 0.1) is 10.8 Å². The monoisotopic (exact) mass is 223 g/mol. The maximum Gasteiger partial charge on any atom is 0.101 e. The number of hydrogen-bond acceptors (Lipinski definition) is 2. The molecule has 0 bridgehead atoms. The second-order valence-corrected chi connectivity index (χ2v) is 6.23.